The molecule has 5 amide bonds. The van der Waals surface area contributed by atoms with Crippen molar-refractivity contribution in [3.8, 4) is 0 Å². The summed E-state index contributed by atoms with van der Waals surface area (Å²) in [5.74, 6) is -5.63. The lowest BCUT2D eigenvalue weighted by molar-refractivity contribution is -0.370. The fourth-order valence-electron chi connectivity index (χ4n) is 10.8. The Hall–Kier alpha value is -4.60. The minimum absolute atomic E-state index is 0.00447. The van der Waals surface area contributed by atoms with E-state index in [0.717, 1.165) is 52.4 Å². The molecule has 15 N–H and O–H groups in total. The number of rotatable bonds is 48. The quantitative estimate of drug-likeness (QED) is 0.0208. The largest absolute Gasteiger partial charge is 0.479 e. The number of ether oxygens (including phenoxy) is 12. The first-order chi connectivity index (χ1) is 46.9. The van der Waals surface area contributed by atoms with Gasteiger partial charge in [0, 0.05) is 59.4 Å². The van der Waals surface area contributed by atoms with E-state index in [-0.39, 0.29) is 62.4 Å². The Kier molecular flexibility index (Phi) is 39.3. The molecule has 4 heterocycles. The van der Waals surface area contributed by atoms with Crippen LogP contribution in [0.5, 0.6) is 0 Å². The fraction of sp³-hybridized carbons (Fsp3) is 0.885. The Morgan fingerprint density at radius 1 is 0.455 bits per heavy atom. The minimum atomic E-state index is -5.37. The maximum absolute atomic E-state index is 12.7. The molecule has 4 aliphatic rings. The summed E-state index contributed by atoms with van der Waals surface area (Å²) in [5.41, 5.74) is 0.111. The van der Waals surface area contributed by atoms with Crippen molar-refractivity contribution in [1.82, 2.24) is 26.6 Å². The maximum atomic E-state index is 12.7. The fourth-order valence-corrected chi connectivity index (χ4v) is 11.1. The summed E-state index contributed by atoms with van der Waals surface area (Å²) in [6, 6.07) is -3.52. The van der Waals surface area contributed by atoms with Crippen molar-refractivity contribution in [2.75, 3.05) is 85.7 Å². The molecule has 4 aliphatic heterocycles. The third kappa shape index (κ3) is 30.7. The standard InChI is InChI=1S/C61H107N5O32S/c1-7-36-43(72)44(73)41(65-34(3)67)57(92-36)95-52-47(76)49(78)60(98-54(52)56(81)82)94-50-37(32-91-99(83,84)85)93-58(42(45(50)74)66-35(4)68)96-51-46(75)48(77)59(97-53(51)55(79)80)90-24-17-13-12-16-22-62-39(70)19-25-86-28-30-88-31-29-87-27-23-64-38(69)18-14-10-9-11-15-21-63-40(71)20-26-89-33-61(5,6)8-2/h36-37,41-54,57-60,72-78H,7-33H2,1-6H3,(H,62,70)(H,63,71)(H,64,69)(H,65,67)(H,66,68)(H,79,80)(H,81,82)(H,83,84,85). The second kappa shape index (κ2) is 44.8. The van der Waals surface area contributed by atoms with Crippen LogP contribution in [0.2, 0.25) is 0 Å². The average molecular weight is 1450 g/mol. The van der Waals surface area contributed by atoms with Crippen LogP contribution < -0.4 is 26.6 Å². The number of aliphatic hydroxyl groups excluding tert-OH is 7. The topological polar surface area (TPSA) is 536 Å². The van der Waals surface area contributed by atoms with Crippen molar-refractivity contribution >= 4 is 51.9 Å². The molecule has 0 aromatic rings. The Bertz CT molecular complexity index is 2550. The monoisotopic (exact) mass is 1450 g/mol. The van der Waals surface area contributed by atoms with Crippen LogP contribution in [0, 0.1) is 5.41 Å². The van der Waals surface area contributed by atoms with E-state index in [4.69, 9.17) is 56.8 Å². The van der Waals surface area contributed by atoms with E-state index < -0.39 is 163 Å². The molecule has 20 atom stereocenters. The molecule has 0 aromatic heterocycles. The lowest BCUT2D eigenvalue weighted by atomic mass is 9.92. The van der Waals surface area contributed by atoms with Crippen LogP contribution in [-0.4, -0.2) is 309 Å². The Morgan fingerprint density at radius 3 is 1.42 bits per heavy atom. The number of carbonyl (C=O) groups excluding carboxylic acids is 5. The zero-order chi connectivity index (χ0) is 73.4. The molecular formula is C61H107N5O32S. The summed E-state index contributed by atoms with van der Waals surface area (Å²) in [6.45, 7) is 12.6. The van der Waals surface area contributed by atoms with Gasteiger partial charge in [0.1, 0.15) is 79.2 Å². The molecule has 0 radical (unpaired) electrons. The molecule has 99 heavy (non-hydrogen) atoms. The molecular weight excluding hydrogens is 1350 g/mol. The summed E-state index contributed by atoms with van der Waals surface area (Å²) < 4.78 is 105. The lowest BCUT2D eigenvalue weighted by Gasteiger charge is -2.49. The molecule has 20 unspecified atom stereocenters. The van der Waals surface area contributed by atoms with Crippen LogP contribution >= 0.6 is 0 Å². The number of hydrogen-bond acceptors (Lipinski definition) is 29. The Labute approximate surface area is 575 Å². The number of unbranched alkanes of at least 4 members (excludes halogenated alkanes) is 7. The third-order valence-electron chi connectivity index (χ3n) is 16.6. The minimum Gasteiger partial charge on any atom is -0.479 e. The molecule has 4 fully saturated rings. The molecule has 4 rings (SSSR count). The van der Waals surface area contributed by atoms with Gasteiger partial charge in [-0.15, -0.1) is 0 Å². The number of aliphatic carboxylic acids is 2. The molecule has 0 bridgehead atoms. The normalized spacial score (nSPS) is 30.4. The highest BCUT2D eigenvalue weighted by Gasteiger charge is 2.58. The summed E-state index contributed by atoms with van der Waals surface area (Å²) in [6.07, 6.45) is -28.2. The first kappa shape index (κ1) is 86.8. The van der Waals surface area contributed by atoms with Gasteiger partial charge in [-0.25, -0.2) is 13.8 Å². The van der Waals surface area contributed by atoms with Gasteiger partial charge in [0.2, 0.25) is 29.5 Å². The summed E-state index contributed by atoms with van der Waals surface area (Å²) in [5, 5.41) is 112. The van der Waals surface area contributed by atoms with Gasteiger partial charge in [-0.05, 0) is 43.9 Å². The van der Waals surface area contributed by atoms with Crippen molar-refractivity contribution in [2.24, 2.45) is 5.41 Å². The van der Waals surface area contributed by atoms with E-state index >= 15 is 0 Å². The maximum Gasteiger partial charge on any atom is 0.397 e. The van der Waals surface area contributed by atoms with Gasteiger partial charge in [0.25, 0.3) is 0 Å². The zero-order valence-corrected chi connectivity index (χ0v) is 57.8. The second-order valence-corrected chi connectivity index (χ2v) is 26.3. The van der Waals surface area contributed by atoms with E-state index in [1.165, 1.54) is 0 Å². The lowest BCUT2D eigenvalue weighted by Crippen LogP contribution is -2.70. The van der Waals surface area contributed by atoms with Crippen LogP contribution in [0.1, 0.15) is 131 Å². The third-order valence-corrected chi connectivity index (χ3v) is 17.1. The summed E-state index contributed by atoms with van der Waals surface area (Å²) in [7, 11) is -5.37. The first-order valence-corrected chi connectivity index (χ1v) is 35.0. The van der Waals surface area contributed by atoms with Crippen molar-refractivity contribution in [3.05, 3.63) is 0 Å². The van der Waals surface area contributed by atoms with Gasteiger partial charge in [-0.3, -0.25) is 28.5 Å². The number of nitrogens with one attached hydrogen (secondary N) is 5. The predicted octanol–water partition coefficient (Wildman–Crippen LogP) is -3.48. The van der Waals surface area contributed by atoms with Crippen LogP contribution in [0.15, 0.2) is 0 Å². The van der Waals surface area contributed by atoms with Gasteiger partial charge in [-0.2, -0.15) is 8.42 Å². The number of amides is 5. The molecule has 0 spiro atoms. The predicted molar refractivity (Wildman–Crippen MR) is 337 cm³/mol. The number of carboxylic acid groups (broad SMARTS) is 2. The van der Waals surface area contributed by atoms with Crippen LogP contribution in [-0.2, 0) is 105 Å². The van der Waals surface area contributed by atoms with Crippen LogP contribution in [0.3, 0.4) is 0 Å². The van der Waals surface area contributed by atoms with Gasteiger partial charge in [0.05, 0.1) is 65.6 Å². The smallest absolute Gasteiger partial charge is 0.397 e. The SMILES string of the molecule is CCC1OC(OC2C(C(=O)O)OC(OC3C(COS(=O)(=O)O)OC(OC4C(C(=O)O)OC(OCCCCCCNC(=O)CCOCCOCCOCCNC(=O)CCCCCCCNC(=O)CCOCC(C)(C)CC)C(O)C4O)C(NC(C)=O)C3O)C(O)C2O)C(NC(C)=O)C(O)C1O. The van der Waals surface area contributed by atoms with Gasteiger partial charge < -0.3 is 129 Å². The Balaban J connectivity index is 1.12. The second-order valence-electron chi connectivity index (χ2n) is 25.2. The molecule has 574 valence electrons. The molecule has 37 nitrogen and oxygen atoms in total. The van der Waals surface area contributed by atoms with Gasteiger partial charge in [0.15, 0.2) is 37.4 Å². The highest BCUT2D eigenvalue weighted by Crippen LogP contribution is 2.36. The van der Waals surface area contributed by atoms with Gasteiger partial charge >= 0.3 is 22.3 Å². The number of carboxylic acids is 2. The summed E-state index contributed by atoms with van der Waals surface area (Å²) in [4.78, 5) is 86.5. The molecule has 4 saturated heterocycles. The molecule has 0 aromatic carbocycles. The molecule has 38 heteroatoms. The molecule has 0 saturated carbocycles. The van der Waals surface area contributed by atoms with E-state index in [1.54, 1.807) is 6.92 Å². The zero-order valence-electron chi connectivity index (χ0n) is 57.0. The summed E-state index contributed by atoms with van der Waals surface area (Å²) >= 11 is 0. The van der Waals surface area contributed by atoms with Crippen molar-refractivity contribution < 1.29 is 154 Å². The van der Waals surface area contributed by atoms with E-state index in [9.17, 15) is 92.5 Å². The number of carbonyl (C=O) groups is 7. The van der Waals surface area contributed by atoms with Crippen LogP contribution in [0.4, 0.5) is 0 Å². The molecule has 0 aliphatic carbocycles. The van der Waals surface area contributed by atoms with Crippen molar-refractivity contribution in [1.29, 1.82) is 0 Å². The highest BCUT2D eigenvalue weighted by atomic mass is 32.3. The Morgan fingerprint density at radius 2 is 0.899 bits per heavy atom. The van der Waals surface area contributed by atoms with E-state index in [1.807, 2.05) is 0 Å². The first-order valence-electron chi connectivity index (χ1n) is 33.6. The van der Waals surface area contributed by atoms with Crippen molar-refractivity contribution in [2.45, 2.75) is 254 Å². The number of hydrogen-bond donors (Lipinski definition) is 15. The average Bonchev–Trinajstić information content (AvgIpc) is 0.775. The number of aliphatic hydroxyl groups is 7. The van der Waals surface area contributed by atoms with Gasteiger partial charge in [-0.1, -0.05) is 59.8 Å². The van der Waals surface area contributed by atoms with E-state index in [2.05, 4.69) is 51.5 Å². The van der Waals surface area contributed by atoms with E-state index in [0.29, 0.717) is 91.2 Å². The van der Waals surface area contributed by atoms with Crippen molar-refractivity contribution in [3.63, 3.8) is 0 Å². The highest BCUT2D eigenvalue weighted by molar-refractivity contribution is 7.80. The van der Waals surface area contributed by atoms with Crippen LogP contribution in [0.25, 0.3) is 0 Å².